The second-order valence-corrected chi connectivity index (χ2v) is 2.99. The van der Waals surface area contributed by atoms with E-state index in [1.54, 1.807) is 6.92 Å². The van der Waals surface area contributed by atoms with Gasteiger partial charge in [-0.3, -0.25) is 0 Å². The van der Waals surface area contributed by atoms with Crippen LogP contribution in [0.3, 0.4) is 0 Å². The summed E-state index contributed by atoms with van der Waals surface area (Å²) in [6.45, 7) is 2.63. The van der Waals surface area contributed by atoms with Gasteiger partial charge in [-0.2, -0.15) is 5.26 Å². The van der Waals surface area contributed by atoms with Crippen LogP contribution >= 0.6 is 0 Å². The number of allylic oxidation sites excluding steroid dienone is 1. The maximum Gasteiger partial charge on any atom is 0.342 e. The number of aromatic nitrogens is 2. The Balaban J connectivity index is 2.60. The zero-order chi connectivity index (χ0) is 12.0. The van der Waals surface area contributed by atoms with E-state index in [4.69, 9.17) is 5.26 Å². The van der Waals surface area contributed by atoms with Crippen molar-refractivity contribution in [2.45, 2.75) is 13.5 Å². The van der Waals surface area contributed by atoms with E-state index in [9.17, 15) is 10.1 Å². The van der Waals surface area contributed by atoms with Crippen molar-refractivity contribution in [1.29, 1.82) is 5.26 Å². The van der Waals surface area contributed by atoms with Gasteiger partial charge in [0.15, 0.2) is 5.82 Å². The maximum atomic E-state index is 10.6. The standard InChI is InChI=1S/C9H11N5O2/c1-8-12-7-9(14(15)16)13(8)6-5-11-4-2-3-10/h2,4,7,11H,5-6H2,1H3/b4-2+. The molecule has 1 aromatic rings. The fraction of sp³-hybridized carbons (Fsp3) is 0.333. The molecule has 0 atom stereocenters. The summed E-state index contributed by atoms with van der Waals surface area (Å²) < 4.78 is 1.51. The minimum atomic E-state index is -0.467. The quantitative estimate of drug-likeness (QED) is 0.342. The molecule has 0 saturated heterocycles. The lowest BCUT2D eigenvalue weighted by molar-refractivity contribution is -0.392. The number of nitro groups is 1. The van der Waals surface area contributed by atoms with E-state index >= 15 is 0 Å². The van der Waals surface area contributed by atoms with Gasteiger partial charge < -0.3 is 15.4 Å². The average Bonchev–Trinajstić information content (AvgIpc) is 2.60. The number of nitriles is 1. The first-order chi connectivity index (χ1) is 7.66. The third-order valence-corrected chi connectivity index (χ3v) is 1.98. The zero-order valence-corrected chi connectivity index (χ0v) is 8.75. The predicted octanol–water partition coefficient (Wildman–Crippen LogP) is 0.727. The summed E-state index contributed by atoms with van der Waals surface area (Å²) in [4.78, 5) is 14.0. The lowest BCUT2D eigenvalue weighted by Gasteiger charge is -2.02. The number of imidazole rings is 1. The van der Waals surface area contributed by atoms with Gasteiger partial charge in [0.1, 0.15) is 12.7 Å². The average molecular weight is 221 g/mol. The van der Waals surface area contributed by atoms with Crippen LogP contribution < -0.4 is 5.32 Å². The maximum absolute atomic E-state index is 10.6. The second-order valence-electron chi connectivity index (χ2n) is 2.99. The van der Waals surface area contributed by atoms with Gasteiger partial charge in [0.2, 0.25) is 0 Å². The molecule has 0 amide bonds. The lowest BCUT2D eigenvalue weighted by Crippen LogP contribution is -2.16. The van der Waals surface area contributed by atoms with Crippen LogP contribution in [-0.4, -0.2) is 21.0 Å². The molecule has 7 heteroatoms. The smallest absolute Gasteiger partial charge is 0.342 e. The van der Waals surface area contributed by atoms with Crippen molar-refractivity contribution in [1.82, 2.24) is 14.9 Å². The van der Waals surface area contributed by atoms with Crippen LogP contribution in [-0.2, 0) is 6.54 Å². The Morgan fingerprint density at radius 3 is 3.19 bits per heavy atom. The van der Waals surface area contributed by atoms with Crippen molar-refractivity contribution in [2.75, 3.05) is 6.54 Å². The number of nitrogens with zero attached hydrogens (tertiary/aromatic N) is 4. The lowest BCUT2D eigenvalue weighted by atomic mass is 10.5. The van der Waals surface area contributed by atoms with Crippen LogP contribution in [0.1, 0.15) is 5.82 Å². The van der Waals surface area contributed by atoms with E-state index in [0.29, 0.717) is 18.9 Å². The Morgan fingerprint density at radius 1 is 1.81 bits per heavy atom. The summed E-state index contributed by atoms with van der Waals surface area (Å²) in [5.74, 6) is 0.571. The summed E-state index contributed by atoms with van der Waals surface area (Å²) in [6.07, 6.45) is 4.04. The van der Waals surface area contributed by atoms with Gasteiger partial charge in [-0.25, -0.2) is 9.55 Å². The molecule has 0 saturated carbocycles. The minimum absolute atomic E-state index is 0.0245. The molecule has 0 fully saturated rings. The van der Waals surface area contributed by atoms with Crippen molar-refractivity contribution in [3.05, 3.63) is 34.4 Å². The van der Waals surface area contributed by atoms with Gasteiger partial charge in [0.05, 0.1) is 12.6 Å². The molecule has 1 heterocycles. The van der Waals surface area contributed by atoms with Gasteiger partial charge >= 0.3 is 5.82 Å². The van der Waals surface area contributed by atoms with E-state index < -0.39 is 4.92 Å². The van der Waals surface area contributed by atoms with Gasteiger partial charge in [-0.05, 0) is 4.92 Å². The molecule has 0 aromatic carbocycles. The van der Waals surface area contributed by atoms with E-state index in [-0.39, 0.29) is 5.82 Å². The molecule has 16 heavy (non-hydrogen) atoms. The molecule has 0 radical (unpaired) electrons. The number of aryl methyl sites for hydroxylation is 1. The third kappa shape index (κ3) is 2.81. The predicted molar refractivity (Wildman–Crippen MR) is 56.4 cm³/mol. The first-order valence-electron chi connectivity index (χ1n) is 4.61. The van der Waals surface area contributed by atoms with Crippen molar-refractivity contribution >= 4 is 5.82 Å². The largest absolute Gasteiger partial charge is 0.386 e. The molecule has 0 aliphatic rings. The highest BCUT2D eigenvalue weighted by Gasteiger charge is 2.15. The summed E-state index contributed by atoms with van der Waals surface area (Å²) in [7, 11) is 0. The molecule has 0 aliphatic carbocycles. The molecule has 0 bridgehead atoms. The van der Waals surface area contributed by atoms with E-state index in [1.807, 2.05) is 6.07 Å². The fourth-order valence-corrected chi connectivity index (χ4v) is 1.23. The van der Waals surface area contributed by atoms with E-state index in [1.165, 1.54) is 23.0 Å². The highest BCUT2D eigenvalue weighted by atomic mass is 16.6. The van der Waals surface area contributed by atoms with Crippen LogP contribution in [0.5, 0.6) is 0 Å². The van der Waals surface area contributed by atoms with Crippen LogP contribution in [0.15, 0.2) is 18.5 Å². The minimum Gasteiger partial charge on any atom is -0.386 e. The molecule has 1 aromatic heterocycles. The Labute approximate surface area is 92.2 Å². The molecule has 0 unspecified atom stereocenters. The summed E-state index contributed by atoms with van der Waals surface area (Å²) in [5, 5.41) is 21.7. The Hall–Kier alpha value is -2.36. The molecule has 1 N–H and O–H groups in total. The van der Waals surface area contributed by atoms with Crippen LogP contribution in [0, 0.1) is 28.4 Å². The summed E-state index contributed by atoms with van der Waals surface area (Å²) >= 11 is 0. The van der Waals surface area contributed by atoms with Gasteiger partial charge in [0.25, 0.3) is 0 Å². The van der Waals surface area contributed by atoms with Crippen molar-refractivity contribution < 1.29 is 4.92 Å². The molecule has 0 aliphatic heterocycles. The SMILES string of the molecule is Cc1ncc([N+](=O)[O-])n1CCN/C=C/C#N. The molecule has 0 spiro atoms. The first kappa shape index (κ1) is 11.7. The fourth-order valence-electron chi connectivity index (χ4n) is 1.23. The number of hydrogen-bond acceptors (Lipinski definition) is 5. The van der Waals surface area contributed by atoms with Gasteiger partial charge in [-0.15, -0.1) is 0 Å². The topological polar surface area (TPSA) is 96.8 Å². The number of rotatable bonds is 5. The molecule has 7 nitrogen and oxygen atoms in total. The van der Waals surface area contributed by atoms with Crippen molar-refractivity contribution in [3.63, 3.8) is 0 Å². The number of hydrogen-bond donors (Lipinski definition) is 1. The Morgan fingerprint density at radius 2 is 2.56 bits per heavy atom. The summed E-state index contributed by atoms with van der Waals surface area (Å²) in [5.41, 5.74) is 0. The van der Waals surface area contributed by atoms with Gasteiger partial charge in [0, 0.05) is 19.2 Å². The first-order valence-corrected chi connectivity index (χ1v) is 4.61. The summed E-state index contributed by atoms with van der Waals surface area (Å²) in [6, 6.07) is 1.83. The second kappa shape index (κ2) is 5.50. The van der Waals surface area contributed by atoms with Gasteiger partial charge in [-0.1, -0.05) is 0 Å². The van der Waals surface area contributed by atoms with Crippen LogP contribution in [0.2, 0.25) is 0 Å². The molecular formula is C9H11N5O2. The Bertz CT molecular complexity index is 443. The van der Waals surface area contributed by atoms with E-state index in [0.717, 1.165) is 0 Å². The molecule has 1 rings (SSSR count). The van der Waals surface area contributed by atoms with Crippen LogP contribution in [0.25, 0.3) is 0 Å². The van der Waals surface area contributed by atoms with Crippen LogP contribution in [0.4, 0.5) is 5.82 Å². The Kier molecular flexibility index (Phi) is 4.03. The van der Waals surface area contributed by atoms with E-state index in [2.05, 4.69) is 10.3 Å². The monoisotopic (exact) mass is 221 g/mol. The molecular weight excluding hydrogens is 210 g/mol. The highest BCUT2D eigenvalue weighted by Crippen LogP contribution is 2.12. The zero-order valence-electron chi connectivity index (χ0n) is 8.75. The van der Waals surface area contributed by atoms with Crippen molar-refractivity contribution in [2.24, 2.45) is 0 Å². The van der Waals surface area contributed by atoms with Crippen molar-refractivity contribution in [3.8, 4) is 6.07 Å². The number of nitrogens with one attached hydrogen (secondary N) is 1. The third-order valence-electron chi connectivity index (χ3n) is 1.98. The highest BCUT2D eigenvalue weighted by molar-refractivity contribution is 5.18. The normalized spacial score (nSPS) is 10.2. The molecule has 84 valence electrons.